The Hall–Kier alpha value is -2.82. The SMILES string of the molecule is Cc1oc(-c2ccc(-c3oc(C)c(C)c3C)c3nonc23)c(C)c1C. The van der Waals surface area contributed by atoms with Gasteiger partial charge in [-0.15, -0.1) is 0 Å². The number of fused-ring (bicyclic) bond motifs is 1. The molecule has 4 aromatic rings. The van der Waals surface area contributed by atoms with E-state index in [0.717, 1.165) is 56.4 Å². The predicted molar refractivity (Wildman–Crippen MR) is 95.6 cm³/mol. The molecule has 5 heteroatoms. The van der Waals surface area contributed by atoms with Crippen LogP contribution in [0.4, 0.5) is 0 Å². The number of nitrogens with zero attached hydrogens (tertiary/aromatic N) is 2. The molecule has 0 atom stereocenters. The van der Waals surface area contributed by atoms with E-state index in [1.54, 1.807) is 0 Å². The zero-order valence-electron chi connectivity index (χ0n) is 15.3. The van der Waals surface area contributed by atoms with Gasteiger partial charge in [-0.3, -0.25) is 0 Å². The fraction of sp³-hybridized carbons (Fsp3) is 0.300. The Morgan fingerprint density at radius 1 is 0.600 bits per heavy atom. The van der Waals surface area contributed by atoms with E-state index >= 15 is 0 Å². The van der Waals surface area contributed by atoms with Crippen LogP contribution < -0.4 is 0 Å². The van der Waals surface area contributed by atoms with Crippen LogP contribution in [0.3, 0.4) is 0 Å². The molecule has 0 N–H and O–H groups in total. The van der Waals surface area contributed by atoms with Crippen molar-refractivity contribution in [1.82, 2.24) is 10.3 Å². The lowest BCUT2D eigenvalue weighted by atomic mass is 10.00. The summed E-state index contributed by atoms with van der Waals surface area (Å²) in [6.45, 7) is 12.2. The van der Waals surface area contributed by atoms with Gasteiger partial charge in [0.2, 0.25) is 0 Å². The predicted octanol–water partition coefficient (Wildman–Crippen LogP) is 5.59. The maximum absolute atomic E-state index is 5.97. The molecule has 3 heterocycles. The second-order valence-electron chi connectivity index (χ2n) is 6.60. The number of aryl methyl sites for hydroxylation is 2. The van der Waals surface area contributed by atoms with E-state index < -0.39 is 0 Å². The summed E-state index contributed by atoms with van der Waals surface area (Å²) in [7, 11) is 0. The van der Waals surface area contributed by atoms with Gasteiger partial charge in [0.05, 0.1) is 0 Å². The lowest BCUT2D eigenvalue weighted by Gasteiger charge is -2.04. The highest BCUT2D eigenvalue weighted by atomic mass is 16.6. The van der Waals surface area contributed by atoms with Gasteiger partial charge in [0.25, 0.3) is 0 Å². The first-order chi connectivity index (χ1) is 11.9. The fourth-order valence-electron chi connectivity index (χ4n) is 3.23. The topological polar surface area (TPSA) is 65.2 Å². The summed E-state index contributed by atoms with van der Waals surface area (Å²) in [5.74, 6) is 3.44. The zero-order chi connectivity index (χ0) is 17.9. The second kappa shape index (κ2) is 5.34. The molecule has 3 aromatic heterocycles. The van der Waals surface area contributed by atoms with E-state index in [2.05, 4.69) is 38.0 Å². The van der Waals surface area contributed by atoms with Gasteiger partial charge in [0.15, 0.2) is 0 Å². The Balaban J connectivity index is 1.99. The van der Waals surface area contributed by atoms with Gasteiger partial charge in [0, 0.05) is 11.1 Å². The van der Waals surface area contributed by atoms with Gasteiger partial charge in [-0.25, -0.2) is 4.63 Å². The third kappa shape index (κ3) is 2.15. The van der Waals surface area contributed by atoms with Crippen LogP contribution in [-0.4, -0.2) is 10.3 Å². The molecule has 25 heavy (non-hydrogen) atoms. The van der Waals surface area contributed by atoms with Gasteiger partial charge < -0.3 is 8.83 Å². The largest absolute Gasteiger partial charge is 0.461 e. The minimum atomic E-state index is 0.681. The van der Waals surface area contributed by atoms with Crippen molar-refractivity contribution in [3.05, 3.63) is 45.9 Å². The molecule has 4 rings (SSSR count). The lowest BCUT2D eigenvalue weighted by Crippen LogP contribution is -1.87. The average molecular weight is 336 g/mol. The van der Waals surface area contributed by atoms with Crippen molar-refractivity contribution in [3.8, 4) is 22.6 Å². The van der Waals surface area contributed by atoms with Crippen molar-refractivity contribution in [2.45, 2.75) is 41.5 Å². The van der Waals surface area contributed by atoms with Gasteiger partial charge in [-0.05, 0) is 86.2 Å². The molecule has 1 aromatic carbocycles. The monoisotopic (exact) mass is 336 g/mol. The molecule has 0 bridgehead atoms. The molecule has 0 radical (unpaired) electrons. The van der Waals surface area contributed by atoms with Crippen molar-refractivity contribution in [3.63, 3.8) is 0 Å². The molecule has 0 aliphatic heterocycles. The third-order valence-corrected chi connectivity index (χ3v) is 5.28. The van der Waals surface area contributed by atoms with E-state index in [9.17, 15) is 0 Å². The maximum Gasteiger partial charge on any atom is 0.146 e. The molecule has 0 unspecified atom stereocenters. The molecule has 0 spiro atoms. The maximum atomic E-state index is 5.97. The van der Waals surface area contributed by atoms with Gasteiger partial charge in [-0.2, -0.15) is 0 Å². The van der Waals surface area contributed by atoms with Crippen LogP contribution in [0.1, 0.15) is 33.8 Å². The van der Waals surface area contributed by atoms with Crippen molar-refractivity contribution >= 4 is 11.0 Å². The summed E-state index contributed by atoms with van der Waals surface area (Å²) in [5.41, 5.74) is 7.64. The average Bonchev–Trinajstić information content (AvgIpc) is 3.25. The summed E-state index contributed by atoms with van der Waals surface area (Å²) in [4.78, 5) is 0. The Morgan fingerprint density at radius 3 is 1.32 bits per heavy atom. The summed E-state index contributed by atoms with van der Waals surface area (Å²) in [5, 5.41) is 8.26. The van der Waals surface area contributed by atoms with Crippen molar-refractivity contribution in [2.24, 2.45) is 0 Å². The smallest absolute Gasteiger partial charge is 0.146 e. The number of benzene rings is 1. The van der Waals surface area contributed by atoms with Crippen LogP contribution in [-0.2, 0) is 0 Å². The molecule has 0 saturated heterocycles. The Morgan fingerprint density at radius 2 is 1.00 bits per heavy atom. The second-order valence-corrected chi connectivity index (χ2v) is 6.60. The molecule has 0 amide bonds. The molecular formula is C20H20N2O3. The van der Waals surface area contributed by atoms with E-state index in [1.807, 2.05) is 26.0 Å². The molecule has 5 nitrogen and oxygen atoms in total. The van der Waals surface area contributed by atoms with E-state index in [1.165, 1.54) is 0 Å². The fourth-order valence-corrected chi connectivity index (χ4v) is 3.23. The lowest BCUT2D eigenvalue weighted by molar-refractivity contribution is 0.315. The Kier molecular flexibility index (Phi) is 3.35. The molecule has 0 aliphatic carbocycles. The number of furan rings is 2. The van der Waals surface area contributed by atoms with Crippen molar-refractivity contribution < 1.29 is 13.5 Å². The summed E-state index contributed by atoms with van der Waals surface area (Å²) in [6.07, 6.45) is 0. The summed E-state index contributed by atoms with van der Waals surface area (Å²) in [6, 6.07) is 4.00. The molecular weight excluding hydrogens is 316 g/mol. The van der Waals surface area contributed by atoms with Crippen LogP contribution in [0.2, 0.25) is 0 Å². The van der Waals surface area contributed by atoms with E-state index in [4.69, 9.17) is 13.5 Å². The molecule has 0 aliphatic rings. The first kappa shape index (κ1) is 15.7. The van der Waals surface area contributed by atoms with Gasteiger partial charge >= 0.3 is 0 Å². The van der Waals surface area contributed by atoms with E-state index in [-0.39, 0.29) is 0 Å². The number of rotatable bonds is 2. The normalized spacial score (nSPS) is 11.6. The van der Waals surface area contributed by atoms with Crippen LogP contribution in [0.15, 0.2) is 25.6 Å². The molecule has 128 valence electrons. The number of hydrogen-bond donors (Lipinski definition) is 0. The molecule has 0 fully saturated rings. The van der Waals surface area contributed by atoms with Gasteiger partial charge in [0.1, 0.15) is 34.1 Å². The summed E-state index contributed by atoms with van der Waals surface area (Å²) < 4.78 is 17.0. The Bertz CT molecular complexity index is 1030. The van der Waals surface area contributed by atoms with E-state index in [0.29, 0.717) is 11.0 Å². The highest BCUT2D eigenvalue weighted by Crippen LogP contribution is 2.39. The third-order valence-electron chi connectivity index (χ3n) is 5.28. The highest BCUT2D eigenvalue weighted by Gasteiger charge is 2.22. The summed E-state index contributed by atoms with van der Waals surface area (Å²) >= 11 is 0. The van der Waals surface area contributed by atoms with Crippen LogP contribution in [0.25, 0.3) is 33.7 Å². The number of aromatic nitrogens is 2. The number of hydrogen-bond acceptors (Lipinski definition) is 5. The first-order valence-corrected chi connectivity index (χ1v) is 8.29. The van der Waals surface area contributed by atoms with Crippen molar-refractivity contribution in [1.29, 1.82) is 0 Å². The standard InChI is InChI=1S/C20H20N2O3/c1-9-11(3)19(23-13(9)5)15-7-8-16(18-17(15)21-25-22-18)20-12(4)10(2)14(6)24-20/h7-8H,1-6H3. The van der Waals surface area contributed by atoms with Crippen LogP contribution in [0.5, 0.6) is 0 Å². The highest BCUT2D eigenvalue weighted by molar-refractivity contribution is 5.99. The minimum absolute atomic E-state index is 0.681. The molecule has 0 saturated carbocycles. The van der Waals surface area contributed by atoms with Crippen LogP contribution in [0, 0.1) is 41.5 Å². The van der Waals surface area contributed by atoms with Crippen LogP contribution >= 0.6 is 0 Å². The zero-order valence-corrected chi connectivity index (χ0v) is 15.3. The van der Waals surface area contributed by atoms with Crippen molar-refractivity contribution in [2.75, 3.05) is 0 Å². The van der Waals surface area contributed by atoms with Gasteiger partial charge in [-0.1, -0.05) is 0 Å². The minimum Gasteiger partial charge on any atom is -0.461 e. The Labute approximate surface area is 145 Å². The first-order valence-electron chi connectivity index (χ1n) is 8.29. The quantitative estimate of drug-likeness (QED) is 0.477.